The molecule has 1 aromatic heterocycles. The minimum atomic E-state index is -1.01. The zero-order valence-corrected chi connectivity index (χ0v) is 12.5. The van der Waals surface area contributed by atoms with Gasteiger partial charge in [0.2, 0.25) is 0 Å². The normalized spacial score (nSPS) is 11.5. The quantitative estimate of drug-likeness (QED) is 0.668. The van der Waals surface area contributed by atoms with E-state index in [9.17, 15) is 19.8 Å². The van der Waals surface area contributed by atoms with E-state index >= 15 is 0 Å². The number of benzene rings is 1. The number of rotatable bonds is 3. The fourth-order valence-corrected chi connectivity index (χ4v) is 2.11. The monoisotopic (exact) mass is 321 g/mol. The van der Waals surface area contributed by atoms with Crippen molar-refractivity contribution >= 4 is 28.8 Å². The van der Waals surface area contributed by atoms with Gasteiger partial charge in [-0.15, -0.1) is 0 Å². The van der Waals surface area contributed by atoms with E-state index in [1.165, 1.54) is 6.92 Å². The summed E-state index contributed by atoms with van der Waals surface area (Å²) in [4.78, 5) is 27.4. The summed E-state index contributed by atoms with van der Waals surface area (Å²) >= 11 is 5.98. The third-order valence-electron chi connectivity index (χ3n) is 2.94. The maximum Gasteiger partial charge on any atom is 0.351 e. The zero-order valence-electron chi connectivity index (χ0n) is 11.8. The lowest BCUT2D eigenvalue weighted by Crippen LogP contribution is -2.15. The molecule has 2 rings (SSSR count). The lowest BCUT2D eigenvalue weighted by atomic mass is 10.1. The summed E-state index contributed by atoms with van der Waals surface area (Å²) in [5.74, 6) is -2.25. The Kier molecular flexibility index (Phi) is 4.32. The second-order valence-electron chi connectivity index (χ2n) is 4.50. The molecule has 0 amide bonds. The second kappa shape index (κ2) is 6.03. The number of para-hydroxylation sites is 1. The van der Waals surface area contributed by atoms with E-state index in [1.807, 2.05) is 0 Å². The van der Waals surface area contributed by atoms with E-state index in [1.54, 1.807) is 24.3 Å². The first kappa shape index (κ1) is 15.8. The van der Waals surface area contributed by atoms with Crippen LogP contribution in [-0.4, -0.2) is 21.7 Å². The summed E-state index contributed by atoms with van der Waals surface area (Å²) in [6, 6.07) is 6.67. The van der Waals surface area contributed by atoms with E-state index < -0.39 is 28.7 Å². The highest BCUT2D eigenvalue weighted by Gasteiger charge is 2.24. The summed E-state index contributed by atoms with van der Waals surface area (Å²) in [7, 11) is 0. The van der Waals surface area contributed by atoms with Gasteiger partial charge in [-0.05, 0) is 26.0 Å². The molecule has 0 fully saturated rings. The fraction of sp³-hybridized carbons (Fsp3) is 0.133. The first-order chi connectivity index (χ1) is 10.3. The third-order valence-corrected chi connectivity index (χ3v) is 3.26. The van der Waals surface area contributed by atoms with Crippen LogP contribution in [-0.2, 0) is 0 Å². The number of carbonyl (C=O) groups excluding carboxylic acids is 1. The molecule has 6 nitrogen and oxygen atoms in total. The van der Waals surface area contributed by atoms with Crippen LogP contribution in [0.4, 0.5) is 5.69 Å². The van der Waals surface area contributed by atoms with E-state index in [-0.39, 0.29) is 11.3 Å². The molecule has 0 radical (unpaired) electrons. The molecule has 1 heterocycles. The van der Waals surface area contributed by atoms with E-state index in [4.69, 9.17) is 11.6 Å². The van der Waals surface area contributed by atoms with Gasteiger partial charge in [-0.2, -0.15) is 0 Å². The number of aliphatic imine (C=N–C) groups is 1. The molecule has 0 aliphatic heterocycles. The number of Topliss-reactive ketones (excluding diaryl/α,β-unsaturated/α-hetero) is 1. The van der Waals surface area contributed by atoms with Gasteiger partial charge in [-0.25, -0.2) is 4.79 Å². The van der Waals surface area contributed by atoms with Gasteiger partial charge >= 0.3 is 5.63 Å². The Labute approximate surface area is 130 Å². The number of aromatic hydroxyl groups is 2. The Morgan fingerprint density at radius 3 is 2.41 bits per heavy atom. The van der Waals surface area contributed by atoms with Crippen LogP contribution in [0.25, 0.3) is 0 Å². The Hall–Kier alpha value is -2.60. The van der Waals surface area contributed by atoms with Crippen LogP contribution in [0.15, 0.2) is 38.5 Å². The number of halogens is 1. The molecular weight excluding hydrogens is 310 g/mol. The highest BCUT2D eigenvalue weighted by atomic mass is 35.5. The van der Waals surface area contributed by atoms with Gasteiger partial charge in [-0.3, -0.25) is 9.79 Å². The van der Waals surface area contributed by atoms with Crippen molar-refractivity contribution in [2.24, 2.45) is 4.99 Å². The van der Waals surface area contributed by atoms with Crippen molar-refractivity contribution in [3.8, 4) is 11.7 Å². The van der Waals surface area contributed by atoms with Crippen molar-refractivity contribution in [3.63, 3.8) is 0 Å². The first-order valence-corrected chi connectivity index (χ1v) is 6.61. The molecule has 7 heteroatoms. The number of carbonyl (C=O) groups is 1. The molecule has 1 aromatic carbocycles. The van der Waals surface area contributed by atoms with Crippen molar-refractivity contribution in [2.75, 3.05) is 0 Å². The number of hydrogen-bond donors (Lipinski definition) is 2. The molecule has 0 spiro atoms. The topological polar surface area (TPSA) is 100 Å². The summed E-state index contributed by atoms with van der Waals surface area (Å²) in [5, 5.41) is 19.9. The number of ketones is 1. The van der Waals surface area contributed by atoms with Crippen LogP contribution in [0.3, 0.4) is 0 Å². The summed E-state index contributed by atoms with van der Waals surface area (Å²) in [6.45, 7) is 2.58. The molecule has 2 aromatic rings. The van der Waals surface area contributed by atoms with Crippen molar-refractivity contribution < 1.29 is 19.4 Å². The largest absolute Gasteiger partial charge is 0.506 e. The summed E-state index contributed by atoms with van der Waals surface area (Å²) < 4.78 is 4.58. The second-order valence-corrected chi connectivity index (χ2v) is 4.91. The van der Waals surface area contributed by atoms with Gasteiger partial charge in [0.25, 0.3) is 5.95 Å². The maximum absolute atomic E-state index is 11.8. The van der Waals surface area contributed by atoms with E-state index in [0.29, 0.717) is 10.7 Å². The molecule has 0 aliphatic carbocycles. The van der Waals surface area contributed by atoms with Crippen LogP contribution in [0.1, 0.15) is 29.8 Å². The minimum Gasteiger partial charge on any atom is -0.506 e. The van der Waals surface area contributed by atoms with E-state index in [0.717, 1.165) is 6.92 Å². The third kappa shape index (κ3) is 2.87. The molecule has 2 N–H and O–H groups in total. The van der Waals surface area contributed by atoms with Crippen molar-refractivity contribution in [2.45, 2.75) is 13.8 Å². The zero-order chi connectivity index (χ0) is 16.4. The Bertz CT molecular complexity index is 838. The average molecular weight is 322 g/mol. The van der Waals surface area contributed by atoms with Gasteiger partial charge in [0.1, 0.15) is 16.9 Å². The predicted octanol–water partition coefficient (Wildman–Crippen LogP) is 3.05. The molecule has 22 heavy (non-hydrogen) atoms. The minimum absolute atomic E-state index is 0.0989. The lowest BCUT2D eigenvalue weighted by molar-refractivity contribution is 0.100. The van der Waals surface area contributed by atoms with Gasteiger partial charge in [-0.1, -0.05) is 23.7 Å². The van der Waals surface area contributed by atoms with Crippen LogP contribution in [0.5, 0.6) is 11.7 Å². The summed E-state index contributed by atoms with van der Waals surface area (Å²) in [5.41, 5.74) is -1.29. The fourth-order valence-electron chi connectivity index (χ4n) is 1.93. The van der Waals surface area contributed by atoms with Gasteiger partial charge in [0.15, 0.2) is 5.78 Å². The molecule has 0 unspecified atom stereocenters. The highest BCUT2D eigenvalue weighted by molar-refractivity contribution is 6.33. The molecule has 0 atom stereocenters. The molecule has 0 saturated heterocycles. The van der Waals surface area contributed by atoms with Crippen LogP contribution in [0.2, 0.25) is 5.02 Å². The molecular formula is C15H12ClNO5. The lowest BCUT2D eigenvalue weighted by Gasteiger charge is -2.07. The molecule has 0 aliphatic rings. The van der Waals surface area contributed by atoms with Crippen molar-refractivity contribution in [3.05, 3.63) is 50.8 Å². The number of nitrogens with zero attached hydrogens (tertiary/aromatic N) is 1. The SMILES string of the molecule is CC(=O)c1c(O)oc(=O)c(C(C)=Nc2ccccc2Cl)c1O. The molecule has 0 bridgehead atoms. The van der Waals surface area contributed by atoms with Gasteiger partial charge in [0.05, 0.1) is 16.4 Å². The van der Waals surface area contributed by atoms with Gasteiger partial charge in [0, 0.05) is 0 Å². The van der Waals surface area contributed by atoms with E-state index in [2.05, 4.69) is 9.41 Å². The van der Waals surface area contributed by atoms with Crippen LogP contribution in [0, 0.1) is 0 Å². The average Bonchev–Trinajstić information content (AvgIpc) is 2.40. The Morgan fingerprint density at radius 2 is 1.82 bits per heavy atom. The maximum atomic E-state index is 11.8. The van der Waals surface area contributed by atoms with Crippen LogP contribution < -0.4 is 5.63 Å². The predicted molar refractivity (Wildman–Crippen MR) is 81.6 cm³/mol. The highest BCUT2D eigenvalue weighted by Crippen LogP contribution is 2.30. The standard InChI is InChI=1S/C15H12ClNO5/c1-7(17-10-6-4-3-5-9(10)16)11-13(19)12(8(2)18)15(21)22-14(11)20/h3-6,19,21H,1-2H3. The molecule has 0 saturated carbocycles. The first-order valence-electron chi connectivity index (χ1n) is 6.23. The van der Waals surface area contributed by atoms with Crippen LogP contribution >= 0.6 is 11.6 Å². The van der Waals surface area contributed by atoms with Gasteiger partial charge < -0.3 is 14.6 Å². The summed E-state index contributed by atoms with van der Waals surface area (Å²) in [6.07, 6.45) is 0. The smallest absolute Gasteiger partial charge is 0.351 e. The number of hydrogen-bond acceptors (Lipinski definition) is 6. The Morgan fingerprint density at radius 1 is 1.18 bits per heavy atom. The van der Waals surface area contributed by atoms with Crippen molar-refractivity contribution in [1.29, 1.82) is 0 Å². The Balaban J connectivity index is 2.67. The molecule has 114 valence electrons. The van der Waals surface area contributed by atoms with Crippen molar-refractivity contribution in [1.82, 2.24) is 0 Å².